The minimum atomic E-state index is -0.537. The maximum absolute atomic E-state index is 12.9. The van der Waals surface area contributed by atoms with Gasteiger partial charge in [0.15, 0.2) is 0 Å². The van der Waals surface area contributed by atoms with Crippen molar-refractivity contribution in [3.63, 3.8) is 0 Å². The summed E-state index contributed by atoms with van der Waals surface area (Å²) < 4.78 is 12.9. The maximum atomic E-state index is 12.9. The second-order valence-electron chi connectivity index (χ2n) is 4.43. The quantitative estimate of drug-likeness (QED) is 0.658. The number of hydrogen-bond donors (Lipinski definition) is 1. The summed E-state index contributed by atoms with van der Waals surface area (Å²) in [6, 6.07) is 7.23. The molecule has 1 aromatic carbocycles. The van der Waals surface area contributed by atoms with Gasteiger partial charge in [-0.2, -0.15) is 0 Å². The first-order valence-corrected chi connectivity index (χ1v) is 6.71. The molecule has 0 radical (unpaired) electrons. The van der Waals surface area contributed by atoms with Gasteiger partial charge in [-0.25, -0.2) is 4.39 Å². The van der Waals surface area contributed by atoms with Crippen LogP contribution >= 0.6 is 11.6 Å². The molecule has 0 saturated carbocycles. The zero-order chi connectivity index (χ0) is 15.4. The van der Waals surface area contributed by atoms with E-state index >= 15 is 0 Å². The summed E-state index contributed by atoms with van der Waals surface area (Å²) in [4.78, 5) is 14.4. The van der Waals surface area contributed by atoms with Gasteiger partial charge in [-0.3, -0.25) is 15.1 Å². The van der Waals surface area contributed by atoms with Crippen molar-refractivity contribution in [2.75, 3.05) is 5.32 Å². The van der Waals surface area contributed by atoms with Gasteiger partial charge in [0.2, 0.25) is 0 Å². The Kier molecular flexibility index (Phi) is 4.70. The van der Waals surface area contributed by atoms with E-state index in [1.807, 2.05) is 6.92 Å². The van der Waals surface area contributed by atoms with E-state index in [1.165, 1.54) is 18.2 Å². The number of aromatic nitrogens is 1. The molecule has 1 heterocycles. The molecule has 1 atom stereocenters. The van der Waals surface area contributed by atoms with Crippen molar-refractivity contribution in [3.8, 4) is 0 Å². The molecule has 2 rings (SSSR count). The second kappa shape index (κ2) is 6.49. The molecule has 0 aliphatic carbocycles. The van der Waals surface area contributed by atoms with E-state index in [2.05, 4.69) is 10.3 Å². The van der Waals surface area contributed by atoms with Crippen LogP contribution in [0.5, 0.6) is 0 Å². The van der Waals surface area contributed by atoms with Crippen molar-refractivity contribution in [2.45, 2.75) is 19.4 Å². The molecule has 0 fully saturated rings. The van der Waals surface area contributed by atoms with Gasteiger partial charge < -0.3 is 5.32 Å². The topological polar surface area (TPSA) is 68.1 Å². The van der Waals surface area contributed by atoms with Crippen molar-refractivity contribution >= 4 is 23.0 Å². The number of pyridine rings is 1. The molecule has 0 saturated heterocycles. The molecule has 21 heavy (non-hydrogen) atoms. The molecule has 0 spiro atoms. The Balaban J connectivity index is 2.24. The van der Waals surface area contributed by atoms with E-state index in [0.717, 1.165) is 6.20 Å². The Morgan fingerprint density at radius 3 is 2.76 bits per heavy atom. The van der Waals surface area contributed by atoms with E-state index < -0.39 is 10.7 Å². The number of benzene rings is 1. The monoisotopic (exact) mass is 309 g/mol. The molecule has 2 aromatic rings. The Morgan fingerprint density at radius 1 is 1.43 bits per heavy atom. The summed E-state index contributed by atoms with van der Waals surface area (Å²) in [6.45, 7) is 1.94. The van der Waals surface area contributed by atoms with Crippen LogP contribution in [-0.4, -0.2) is 9.91 Å². The highest BCUT2D eigenvalue weighted by Crippen LogP contribution is 2.29. The average Bonchev–Trinajstić information content (AvgIpc) is 2.47. The Labute approximate surface area is 125 Å². The predicted molar refractivity (Wildman–Crippen MR) is 79.0 cm³/mol. The molecule has 110 valence electrons. The largest absolute Gasteiger partial charge is 0.376 e. The fraction of sp³-hybridized carbons (Fsp3) is 0.214. The SMILES string of the molecule is CCC(Nc1ccc(Cl)c([N+](=O)[O-])c1)c1ccc(F)cn1. The highest BCUT2D eigenvalue weighted by atomic mass is 35.5. The van der Waals surface area contributed by atoms with E-state index in [4.69, 9.17) is 11.6 Å². The van der Waals surface area contributed by atoms with E-state index in [9.17, 15) is 14.5 Å². The lowest BCUT2D eigenvalue weighted by Crippen LogP contribution is -2.11. The number of nitro groups is 1. The van der Waals surface area contributed by atoms with Gasteiger partial charge in [-0.05, 0) is 30.7 Å². The molecule has 1 unspecified atom stereocenters. The summed E-state index contributed by atoms with van der Waals surface area (Å²) >= 11 is 5.77. The number of nitro benzene ring substituents is 1. The number of rotatable bonds is 5. The fourth-order valence-corrected chi connectivity index (χ4v) is 2.11. The van der Waals surface area contributed by atoms with E-state index in [0.29, 0.717) is 17.8 Å². The number of nitrogens with one attached hydrogen (secondary N) is 1. The van der Waals surface area contributed by atoms with Gasteiger partial charge in [0.25, 0.3) is 5.69 Å². The molecular weight excluding hydrogens is 297 g/mol. The predicted octanol–water partition coefficient (Wildman–Crippen LogP) is 4.35. The molecule has 0 aliphatic heterocycles. The summed E-state index contributed by atoms with van der Waals surface area (Å²) in [5.74, 6) is -0.407. The standard InChI is InChI=1S/C14H13ClFN3O2/c1-2-12(13-6-3-9(16)8-17-13)18-10-4-5-11(15)14(7-10)19(20)21/h3-8,12,18H,2H2,1H3. The highest BCUT2D eigenvalue weighted by Gasteiger charge is 2.16. The van der Waals surface area contributed by atoms with Gasteiger partial charge in [-0.1, -0.05) is 18.5 Å². The first kappa shape index (κ1) is 15.2. The third-order valence-corrected chi connectivity index (χ3v) is 3.32. The van der Waals surface area contributed by atoms with E-state index in [-0.39, 0.29) is 16.8 Å². The van der Waals surface area contributed by atoms with Gasteiger partial charge in [-0.15, -0.1) is 0 Å². The molecule has 1 N–H and O–H groups in total. The first-order chi connectivity index (χ1) is 10.0. The lowest BCUT2D eigenvalue weighted by Gasteiger charge is -2.17. The smallest absolute Gasteiger partial charge is 0.289 e. The Hall–Kier alpha value is -2.21. The van der Waals surface area contributed by atoms with Crippen LogP contribution in [-0.2, 0) is 0 Å². The third kappa shape index (κ3) is 3.66. The number of hydrogen-bond acceptors (Lipinski definition) is 4. The van der Waals surface area contributed by atoms with Crippen LogP contribution in [0, 0.1) is 15.9 Å². The van der Waals surface area contributed by atoms with Gasteiger partial charge in [0.05, 0.1) is 22.9 Å². The molecule has 0 amide bonds. The van der Waals surface area contributed by atoms with Crippen molar-refractivity contribution in [1.29, 1.82) is 0 Å². The number of halogens is 2. The van der Waals surface area contributed by atoms with Crippen molar-refractivity contribution < 1.29 is 9.31 Å². The Morgan fingerprint density at radius 2 is 2.19 bits per heavy atom. The van der Waals surface area contributed by atoms with Crippen molar-refractivity contribution in [1.82, 2.24) is 4.98 Å². The molecule has 7 heteroatoms. The highest BCUT2D eigenvalue weighted by molar-refractivity contribution is 6.32. The van der Waals surface area contributed by atoms with Crippen LogP contribution < -0.4 is 5.32 Å². The number of anilines is 1. The van der Waals surface area contributed by atoms with Crippen LogP contribution in [0.1, 0.15) is 25.1 Å². The summed E-state index contributed by atoms with van der Waals surface area (Å²) in [6.07, 6.45) is 1.83. The van der Waals surface area contributed by atoms with Crippen LogP contribution in [0.3, 0.4) is 0 Å². The van der Waals surface area contributed by atoms with Crippen molar-refractivity contribution in [2.24, 2.45) is 0 Å². The van der Waals surface area contributed by atoms with Crippen molar-refractivity contribution in [3.05, 3.63) is 63.2 Å². The van der Waals surface area contributed by atoms with Crippen LogP contribution in [0.15, 0.2) is 36.5 Å². The first-order valence-electron chi connectivity index (χ1n) is 6.33. The summed E-state index contributed by atoms with van der Waals surface area (Å²) in [7, 11) is 0. The zero-order valence-electron chi connectivity index (χ0n) is 11.2. The summed E-state index contributed by atoms with van der Waals surface area (Å²) in [5.41, 5.74) is 1.06. The fourth-order valence-electron chi connectivity index (χ4n) is 1.92. The van der Waals surface area contributed by atoms with Gasteiger partial charge >= 0.3 is 0 Å². The summed E-state index contributed by atoms with van der Waals surface area (Å²) in [5, 5.41) is 14.1. The third-order valence-electron chi connectivity index (χ3n) is 3.00. The lowest BCUT2D eigenvalue weighted by molar-refractivity contribution is -0.384. The second-order valence-corrected chi connectivity index (χ2v) is 4.84. The minimum absolute atomic E-state index is 0.0819. The minimum Gasteiger partial charge on any atom is -0.376 e. The normalized spacial score (nSPS) is 12.0. The molecule has 5 nitrogen and oxygen atoms in total. The van der Waals surface area contributed by atoms with Gasteiger partial charge in [0.1, 0.15) is 10.8 Å². The van der Waals surface area contributed by atoms with Gasteiger partial charge in [0, 0.05) is 11.8 Å². The van der Waals surface area contributed by atoms with E-state index in [1.54, 1.807) is 12.1 Å². The van der Waals surface area contributed by atoms with Crippen LogP contribution in [0.2, 0.25) is 5.02 Å². The Bertz CT molecular complexity index is 649. The zero-order valence-corrected chi connectivity index (χ0v) is 12.0. The molecular formula is C14H13ClFN3O2. The number of nitrogens with zero attached hydrogens (tertiary/aromatic N) is 2. The molecule has 1 aromatic heterocycles. The average molecular weight is 310 g/mol. The lowest BCUT2D eigenvalue weighted by atomic mass is 10.1. The molecule has 0 bridgehead atoms. The van der Waals surface area contributed by atoms with Crippen LogP contribution in [0.4, 0.5) is 15.8 Å². The maximum Gasteiger partial charge on any atom is 0.289 e. The molecule has 0 aliphatic rings. The van der Waals surface area contributed by atoms with Crippen LogP contribution in [0.25, 0.3) is 0 Å².